The molecule has 0 spiro atoms. The largest absolute Gasteiger partial charge is 0.480 e. The minimum atomic E-state index is -1.16. The van der Waals surface area contributed by atoms with Crippen LogP contribution in [0.5, 0.6) is 0 Å². The molecule has 6 heteroatoms. The minimum Gasteiger partial charge on any atom is -0.480 e. The summed E-state index contributed by atoms with van der Waals surface area (Å²) in [6, 6.07) is 0. The number of aliphatic carboxylic acids is 1. The first-order valence-electron chi connectivity index (χ1n) is 6.11. The van der Waals surface area contributed by atoms with Crippen LogP contribution >= 0.6 is 0 Å². The molecule has 0 bridgehead atoms. The van der Waals surface area contributed by atoms with Gasteiger partial charge in [-0.1, -0.05) is 6.92 Å². The molecule has 0 aromatic carbocycles. The fraction of sp³-hybridized carbons (Fsp3) is 0.833. The lowest BCUT2D eigenvalue weighted by atomic mass is 9.89. The van der Waals surface area contributed by atoms with E-state index in [1.165, 1.54) is 0 Å². The average Bonchev–Trinajstić information content (AvgIpc) is 2.29. The van der Waals surface area contributed by atoms with Crippen molar-refractivity contribution in [2.45, 2.75) is 31.7 Å². The standard InChI is InChI=1S/C12H21NO5/c1-9(8-17-2)7-10(14)13-12(11(15)16)3-5-18-6-4-12/h9H,3-8H2,1-2H3,(H,13,14)(H,15,16). The number of methoxy groups -OCH3 is 1. The van der Waals surface area contributed by atoms with Crippen LogP contribution in [-0.2, 0) is 19.1 Å². The minimum absolute atomic E-state index is 0.0701. The van der Waals surface area contributed by atoms with Crippen LogP contribution in [0, 0.1) is 5.92 Å². The molecule has 1 amide bonds. The van der Waals surface area contributed by atoms with Crippen molar-refractivity contribution in [2.75, 3.05) is 26.9 Å². The summed E-state index contributed by atoms with van der Waals surface area (Å²) in [7, 11) is 1.58. The number of carboxylic acid groups (broad SMARTS) is 1. The monoisotopic (exact) mass is 259 g/mol. The van der Waals surface area contributed by atoms with E-state index >= 15 is 0 Å². The topological polar surface area (TPSA) is 84.9 Å². The van der Waals surface area contributed by atoms with Crippen molar-refractivity contribution >= 4 is 11.9 Å². The van der Waals surface area contributed by atoms with E-state index in [4.69, 9.17) is 9.47 Å². The van der Waals surface area contributed by atoms with Crippen molar-refractivity contribution in [3.8, 4) is 0 Å². The zero-order valence-corrected chi connectivity index (χ0v) is 10.9. The Labute approximate surface area is 107 Å². The highest BCUT2D eigenvalue weighted by Crippen LogP contribution is 2.21. The summed E-state index contributed by atoms with van der Waals surface area (Å²) in [6.07, 6.45) is 0.892. The molecule has 104 valence electrons. The van der Waals surface area contributed by atoms with Crippen LogP contribution in [0.2, 0.25) is 0 Å². The molecule has 0 radical (unpaired) electrons. The molecule has 0 aliphatic carbocycles. The highest BCUT2D eigenvalue weighted by Gasteiger charge is 2.41. The number of carboxylic acids is 1. The van der Waals surface area contributed by atoms with Crippen molar-refractivity contribution in [2.24, 2.45) is 5.92 Å². The number of hydrogen-bond acceptors (Lipinski definition) is 4. The predicted octanol–water partition coefficient (Wildman–Crippen LogP) is 0.409. The van der Waals surface area contributed by atoms with Crippen molar-refractivity contribution in [1.29, 1.82) is 0 Å². The lowest BCUT2D eigenvalue weighted by Gasteiger charge is -2.34. The molecule has 1 heterocycles. The number of hydrogen-bond donors (Lipinski definition) is 2. The van der Waals surface area contributed by atoms with Gasteiger partial charge in [-0.2, -0.15) is 0 Å². The van der Waals surface area contributed by atoms with Gasteiger partial charge in [-0.25, -0.2) is 4.79 Å². The SMILES string of the molecule is COCC(C)CC(=O)NC1(C(=O)O)CCOCC1. The van der Waals surface area contributed by atoms with Crippen molar-refractivity contribution in [3.05, 3.63) is 0 Å². The van der Waals surface area contributed by atoms with E-state index < -0.39 is 11.5 Å². The number of ether oxygens (including phenoxy) is 2. The summed E-state index contributed by atoms with van der Waals surface area (Å²) in [6.45, 7) is 3.09. The first kappa shape index (κ1) is 14.9. The third-order valence-corrected chi connectivity index (χ3v) is 3.12. The second-order valence-electron chi connectivity index (χ2n) is 4.81. The van der Waals surface area contributed by atoms with E-state index in [0.717, 1.165) is 0 Å². The van der Waals surface area contributed by atoms with Crippen molar-refractivity contribution < 1.29 is 24.2 Å². The zero-order valence-electron chi connectivity index (χ0n) is 10.9. The van der Waals surface area contributed by atoms with Gasteiger partial charge >= 0.3 is 5.97 Å². The van der Waals surface area contributed by atoms with E-state index in [1.807, 2.05) is 6.92 Å². The normalized spacial score (nSPS) is 20.1. The van der Waals surface area contributed by atoms with Crippen molar-refractivity contribution in [3.63, 3.8) is 0 Å². The molecule has 1 rings (SSSR count). The molecule has 0 saturated carbocycles. The molecule has 1 fully saturated rings. The smallest absolute Gasteiger partial charge is 0.329 e. The molecular weight excluding hydrogens is 238 g/mol. The van der Waals surface area contributed by atoms with E-state index in [0.29, 0.717) is 32.7 Å². The second-order valence-corrected chi connectivity index (χ2v) is 4.81. The van der Waals surface area contributed by atoms with Gasteiger partial charge in [0.2, 0.25) is 5.91 Å². The van der Waals surface area contributed by atoms with Crippen molar-refractivity contribution in [1.82, 2.24) is 5.32 Å². The molecule has 1 aliphatic heterocycles. The first-order valence-corrected chi connectivity index (χ1v) is 6.11. The molecule has 1 atom stereocenters. The molecular formula is C12H21NO5. The summed E-state index contributed by atoms with van der Waals surface area (Å²) in [4.78, 5) is 23.2. The Kier molecular flexibility index (Phi) is 5.55. The molecule has 18 heavy (non-hydrogen) atoms. The molecule has 2 N–H and O–H groups in total. The maximum atomic E-state index is 11.8. The van der Waals surface area contributed by atoms with E-state index in [9.17, 15) is 14.7 Å². The Balaban J connectivity index is 2.55. The third-order valence-electron chi connectivity index (χ3n) is 3.12. The van der Waals surface area contributed by atoms with Gasteiger partial charge in [-0.05, 0) is 5.92 Å². The lowest BCUT2D eigenvalue weighted by Crippen LogP contribution is -2.57. The average molecular weight is 259 g/mol. The quantitative estimate of drug-likeness (QED) is 0.721. The molecule has 0 aromatic heterocycles. The highest BCUT2D eigenvalue weighted by molar-refractivity contribution is 5.87. The van der Waals surface area contributed by atoms with E-state index in [1.54, 1.807) is 7.11 Å². The third kappa shape index (κ3) is 3.96. The van der Waals surface area contributed by atoms with Crippen LogP contribution < -0.4 is 5.32 Å². The number of rotatable bonds is 6. The van der Waals surface area contributed by atoms with Crippen LogP contribution in [0.25, 0.3) is 0 Å². The van der Waals surface area contributed by atoms with Gasteiger partial charge in [0.25, 0.3) is 0 Å². The second kappa shape index (κ2) is 6.70. The summed E-state index contributed by atoms with van der Waals surface area (Å²) in [5, 5.41) is 11.9. The zero-order chi connectivity index (χ0) is 13.6. The van der Waals surface area contributed by atoms with E-state index in [2.05, 4.69) is 5.32 Å². The Morgan fingerprint density at radius 1 is 1.44 bits per heavy atom. The molecule has 6 nitrogen and oxygen atoms in total. The fourth-order valence-corrected chi connectivity index (χ4v) is 2.09. The molecule has 1 unspecified atom stereocenters. The number of amides is 1. The predicted molar refractivity (Wildman–Crippen MR) is 64.2 cm³/mol. The Bertz CT molecular complexity index is 299. The molecule has 1 saturated heterocycles. The maximum Gasteiger partial charge on any atom is 0.329 e. The lowest BCUT2D eigenvalue weighted by molar-refractivity contribution is -0.152. The summed E-state index contributed by atoms with van der Waals surface area (Å²) < 4.78 is 10.1. The van der Waals surface area contributed by atoms with Crippen LogP contribution in [-0.4, -0.2) is 49.5 Å². The molecule has 0 aromatic rings. The Morgan fingerprint density at radius 3 is 2.56 bits per heavy atom. The van der Waals surface area contributed by atoms with Gasteiger partial charge in [-0.3, -0.25) is 4.79 Å². The van der Waals surface area contributed by atoms with Crippen LogP contribution in [0.3, 0.4) is 0 Å². The number of carbonyl (C=O) groups is 2. The Morgan fingerprint density at radius 2 is 2.06 bits per heavy atom. The Hall–Kier alpha value is -1.14. The van der Waals surface area contributed by atoms with Crippen LogP contribution in [0.1, 0.15) is 26.2 Å². The highest BCUT2D eigenvalue weighted by atomic mass is 16.5. The number of nitrogens with one attached hydrogen (secondary N) is 1. The van der Waals surface area contributed by atoms with Gasteiger partial charge in [0.15, 0.2) is 0 Å². The first-order chi connectivity index (χ1) is 8.50. The summed E-state index contributed by atoms with van der Waals surface area (Å²) in [5.41, 5.74) is -1.16. The van der Waals surface area contributed by atoms with Gasteiger partial charge < -0.3 is 19.9 Å². The van der Waals surface area contributed by atoms with Gasteiger partial charge in [-0.15, -0.1) is 0 Å². The molecule has 1 aliphatic rings. The fourth-order valence-electron chi connectivity index (χ4n) is 2.09. The van der Waals surface area contributed by atoms with E-state index in [-0.39, 0.29) is 18.2 Å². The van der Waals surface area contributed by atoms with Gasteiger partial charge in [0.05, 0.1) is 0 Å². The number of carbonyl (C=O) groups excluding carboxylic acids is 1. The van der Waals surface area contributed by atoms with Gasteiger partial charge in [0, 0.05) is 46.2 Å². The summed E-state index contributed by atoms with van der Waals surface area (Å²) >= 11 is 0. The van der Waals surface area contributed by atoms with Crippen LogP contribution in [0.15, 0.2) is 0 Å². The van der Waals surface area contributed by atoms with Crippen LogP contribution in [0.4, 0.5) is 0 Å². The maximum absolute atomic E-state index is 11.8. The summed E-state index contributed by atoms with van der Waals surface area (Å²) in [5.74, 6) is -1.16. The van der Waals surface area contributed by atoms with Gasteiger partial charge in [0.1, 0.15) is 5.54 Å².